The van der Waals surface area contributed by atoms with Gasteiger partial charge in [-0.05, 0) is 47.5 Å². The second-order valence-electron chi connectivity index (χ2n) is 5.86. The number of hydrogen-bond donors (Lipinski definition) is 0. The van der Waals surface area contributed by atoms with Crippen LogP contribution in [0.25, 0.3) is 0 Å². The molecule has 0 spiro atoms. The van der Waals surface area contributed by atoms with E-state index in [1.807, 2.05) is 0 Å². The molecule has 0 bridgehead atoms. The summed E-state index contributed by atoms with van der Waals surface area (Å²) in [4.78, 5) is 20.9. The summed E-state index contributed by atoms with van der Waals surface area (Å²) in [5.41, 5.74) is -7.27. The third-order valence-corrected chi connectivity index (χ3v) is 5.13. The van der Waals surface area contributed by atoms with Crippen molar-refractivity contribution in [2.24, 2.45) is 0 Å². The number of rotatable bonds is 8. The largest absolute Gasteiger partial charge is 0.442 e. The molecule has 0 aliphatic rings. The molecule has 0 saturated heterocycles. The summed E-state index contributed by atoms with van der Waals surface area (Å²) in [6.07, 6.45) is 0.888. The molecular weight excluding hydrogens is 450 g/mol. The Kier molecular flexibility index (Phi) is 11.0. The molecule has 0 aliphatic heterocycles. The van der Waals surface area contributed by atoms with Crippen LogP contribution in [0.2, 0.25) is 0 Å². The zero-order valence-electron chi connectivity index (χ0n) is 15.4. The minimum Gasteiger partial charge on any atom is -0.302 e. The first-order chi connectivity index (χ1) is 14.0. The van der Waals surface area contributed by atoms with Crippen molar-refractivity contribution >= 4 is 36.1 Å². The summed E-state index contributed by atoms with van der Waals surface area (Å²) in [7, 11) is 0. The maximum absolute atomic E-state index is 12.0. The van der Waals surface area contributed by atoms with Crippen LogP contribution in [0.1, 0.15) is 11.1 Å². The highest BCUT2D eigenvalue weighted by Crippen LogP contribution is 2.35. The lowest BCUT2D eigenvalue weighted by Crippen LogP contribution is -2.15. The monoisotopic (exact) mass is 468 g/mol. The molecule has 164 valence electrons. The Bertz CT molecular complexity index is 686. The fourth-order valence-corrected chi connectivity index (χ4v) is 3.62. The van der Waals surface area contributed by atoms with Gasteiger partial charge in [-0.25, -0.2) is 0 Å². The number of carbonyl (C=O) groups excluding carboxylic acids is 2. The fourth-order valence-electron chi connectivity index (χ4n) is 2.27. The van der Waals surface area contributed by atoms with Gasteiger partial charge in [0.1, 0.15) is 12.6 Å². The molecule has 2 aromatic rings. The van der Waals surface area contributed by atoms with Gasteiger partial charge in [-0.15, -0.1) is 0 Å². The molecule has 10 heteroatoms. The number of hydrogen-bond acceptors (Lipinski definition) is 4. The third-order valence-electron chi connectivity index (χ3n) is 3.43. The van der Waals surface area contributed by atoms with E-state index in [0.29, 0.717) is 12.6 Å². The van der Waals surface area contributed by atoms with Gasteiger partial charge < -0.3 is 9.59 Å². The molecule has 30 heavy (non-hydrogen) atoms. The van der Waals surface area contributed by atoms with Gasteiger partial charge in [0.05, 0.1) is 10.5 Å². The van der Waals surface area contributed by atoms with Crippen molar-refractivity contribution < 1.29 is 35.9 Å². The highest BCUT2D eigenvalue weighted by atomic mass is 32.2. The lowest BCUT2D eigenvalue weighted by Gasteiger charge is -2.11. The maximum Gasteiger partial charge on any atom is 0.442 e. The van der Waals surface area contributed by atoms with E-state index in [-0.39, 0.29) is 36.4 Å². The topological polar surface area (TPSA) is 34.1 Å². The molecule has 2 atom stereocenters. The number of carbonyl (C=O) groups is 2. The van der Waals surface area contributed by atoms with E-state index in [1.165, 1.54) is 0 Å². The van der Waals surface area contributed by atoms with E-state index in [2.05, 4.69) is 0 Å². The first-order valence-corrected chi connectivity index (χ1v) is 10.3. The fraction of sp³-hybridized carbons (Fsp3) is 0.300. The average molecular weight is 468 g/mol. The predicted octanol–water partition coefficient (Wildman–Crippen LogP) is 6.10. The van der Waals surface area contributed by atoms with Gasteiger partial charge in [-0.1, -0.05) is 60.7 Å². The summed E-state index contributed by atoms with van der Waals surface area (Å²) in [6.45, 7) is 0. The Morgan fingerprint density at radius 2 is 0.933 bits per heavy atom. The minimum absolute atomic E-state index is 0.106. The molecular formula is C20H18F6O2S2. The number of thioether (sulfide) groups is 2. The van der Waals surface area contributed by atoms with Crippen molar-refractivity contribution in [3.8, 4) is 0 Å². The zero-order valence-corrected chi connectivity index (χ0v) is 17.0. The first-order valence-electron chi connectivity index (χ1n) is 8.50. The van der Waals surface area contributed by atoms with Crippen LogP contribution in [0.3, 0.4) is 0 Å². The lowest BCUT2D eigenvalue weighted by atomic mass is 10.1. The van der Waals surface area contributed by atoms with Gasteiger partial charge in [-0.3, -0.25) is 0 Å². The Hall–Kier alpha value is -1.94. The van der Waals surface area contributed by atoms with Gasteiger partial charge in [0.2, 0.25) is 0 Å². The molecule has 0 radical (unpaired) electrons. The van der Waals surface area contributed by atoms with Gasteiger partial charge in [0.25, 0.3) is 0 Å². The highest BCUT2D eigenvalue weighted by molar-refractivity contribution is 8.01. The molecule has 0 N–H and O–H groups in total. The summed E-state index contributed by atoms with van der Waals surface area (Å²) in [5.74, 6) is 0. The van der Waals surface area contributed by atoms with E-state index in [9.17, 15) is 35.9 Å². The molecule has 0 saturated carbocycles. The van der Waals surface area contributed by atoms with Crippen LogP contribution >= 0.6 is 23.5 Å². The van der Waals surface area contributed by atoms with Crippen LogP contribution in [0.5, 0.6) is 0 Å². The van der Waals surface area contributed by atoms with Crippen molar-refractivity contribution in [2.45, 2.75) is 34.4 Å². The molecule has 0 aliphatic carbocycles. The normalized spacial score (nSPS) is 13.5. The Morgan fingerprint density at radius 1 is 0.633 bits per heavy atom. The smallest absolute Gasteiger partial charge is 0.302 e. The standard InChI is InChI=1S/2C10H9F3OS/c2*11-10(12,13)15-9(7-14)6-8-4-2-1-3-5-8/h2*1-5,7,9H,6H2. The van der Waals surface area contributed by atoms with E-state index < -0.39 is 21.5 Å². The molecule has 0 amide bonds. The van der Waals surface area contributed by atoms with Crippen LogP contribution in [0, 0.1) is 0 Å². The SMILES string of the molecule is O=CC(Cc1ccccc1)SC(F)(F)F.O=CC(Cc1ccccc1)SC(F)(F)F. The van der Waals surface area contributed by atoms with Crippen molar-refractivity contribution in [3.63, 3.8) is 0 Å². The van der Waals surface area contributed by atoms with Crippen LogP contribution in [0.15, 0.2) is 60.7 Å². The molecule has 2 nitrogen and oxygen atoms in total. The second-order valence-corrected chi connectivity index (χ2v) is 8.46. The van der Waals surface area contributed by atoms with E-state index in [0.717, 1.165) is 11.1 Å². The van der Waals surface area contributed by atoms with Gasteiger partial charge in [-0.2, -0.15) is 26.3 Å². The number of aldehydes is 2. The molecule has 2 aromatic carbocycles. The van der Waals surface area contributed by atoms with Crippen molar-refractivity contribution in [3.05, 3.63) is 71.8 Å². The predicted molar refractivity (Wildman–Crippen MR) is 107 cm³/mol. The molecule has 2 unspecified atom stereocenters. The van der Waals surface area contributed by atoms with Crippen molar-refractivity contribution in [1.82, 2.24) is 0 Å². The van der Waals surface area contributed by atoms with Gasteiger partial charge in [0, 0.05) is 0 Å². The first kappa shape index (κ1) is 26.1. The zero-order chi connectivity index (χ0) is 22.6. The van der Waals surface area contributed by atoms with Crippen molar-refractivity contribution in [1.29, 1.82) is 0 Å². The maximum atomic E-state index is 12.0. The minimum atomic E-state index is -4.36. The Morgan fingerprint density at radius 3 is 1.17 bits per heavy atom. The molecule has 2 rings (SSSR count). The number of benzene rings is 2. The Labute approximate surface area is 178 Å². The number of alkyl halides is 6. The Balaban J connectivity index is 0.000000300. The summed E-state index contributed by atoms with van der Waals surface area (Å²) in [6, 6.07) is 17.3. The summed E-state index contributed by atoms with van der Waals surface area (Å²) < 4.78 is 72.0. The van der Waals surface area contributed by atoms with E-state index in [4.69, 9.17) is 0 Å². The number of halogens is 6. The quantitative estimate of drug-likeness (QED) is 0.346. The second kappa shape index (κ2) is 12.7. The van der Waals surface area contributed by atoms with Gasteiger partial charge >= 0.3 is 11.0 Å². The van der Waals surface area contributed by atoms with Crippen LogP contribution in [-0.4, -0.2) is 34.1 Å². The van der Waals surface area contributed by atoms with E-state index in [1.54, 1.807) is 60.7 Å². The summed E-state index contributed by atoms with van der Waals surface area (Å²) in [5, 5.41) is -2.13. The summed E-state index contributed by atoms with van der Waals surface area (Å²) >= 11 is -0.543. The molecule has 0 fully saturated rings. The molecule has 0 aromatic heterocycles. The lowest BCUT2D eigenvalue weighted by molar-refractivity contribution is -0.108. The average Bonchev–Trinajstić information content (AvgIpc) is 2.67. The van der Waals surface area contributed by atoms with Gasteiger partial charge in [0.15, 0.2) is 0 Å². The highest BCUT2D eigenvalue weighted by Gasteiger charge is 2.33. The van der Waals surface area contributed by atoms with Crippen molar-refractivity contribution in [2.75, 3.05) is 0 Å². The van der Waals surface area contributed by atoms with E-state index >= 15 is 0 Å². The van der Waals surface area contributed by atoms with Crippen LogP contribution in [-0.2, 0) is 22.4 Å². The van der Waals surface area contributed by atoms with Crippen LogP contribution in [0.4, 0.5) is 26.3 Å². The van der Waals surface area contributed by atoms with Crippen LogP contribution < -0.4 is 0 Å². The third kappa shape index (κ3) is 12.6. The molecule has 0 heterocycles.